The predicted octanol–water partition coefficient (Wildman–Crippen LogP) is 23.8. The standard InChI is InChI=1S/C97H77BN6/c1-95(2,3)68-30-24-29-63(50-68)64-40-46-89-82(53-64)98-81-45-44-72(100-87-47-41-69(96(4,5)6)54-79(87)80-55-70(97(7,8)9)42-48-88(80)100)57-91(81)101(71-43-39-65(60-99)90(56-71)104-85-37-22-18-33-77(85)78-34-19-23-38-86(78)104)92-58-74(102-83-35-20-16-31-75(83)76-32-17-21-36-84(76)102)59-93(94(92)98)103(89)73-51-66(61-25-12-10-13-26-61)49-67(52-73)62-27-14-11-15-28-62/h10-59H,1-9H3/i16D,17D,20D,21D,31D,32D,35D,36D. The molecule has 2 aliphatic rings. The van der Waals surface area contributed by atoms with E-state index in [-0.39, 0.29) is 38.1 Å². The zero-order chi connectivity index (χ0) is 77.6. The number of benzene rings is 14. The van der Waals surface area contributed by atoms with Gasteiger partial charge in [0.1, 0.15) is 6.07 Å². The second kappa shape index (κ2) is 23.3. The van der Waals surface area contributed by atoms with E-state index in [1.165, 1.54) is 16.7 Å². The molecule has 7 heteroatoms. The van der Waals surface area contributed by atoms with Crippen LogP contribution >= 0.6 is 0 Å². The molecule has 498 valence electrons. The highest BCUT2D eigenvalue weighted by Gasteiger charge is 2.45. The van der Waals surface area contributed by atoms with Gasteiger partial charge in [0.05, 0.1) is 61.0 Å². The number of para-hydroxylation sites is 4. The van der Waals surface area contributed by atoms with Crippen molar-refractivity contribution in [3.05, 3.63) is 325 Å². The molecular formula is C97H77BN6. The fourth-order valence-corrected chi connectivity index (χ4v) is 16.5. The number of anilines is 6. The van der Waals surface area contributed by atoms with Crippen LogP contribution in [0, 0.1) is 11.3 Å². The van der Waals surface area contributed by atoms with Gasteiger partial charge in [-0.05, 0) is 198 Å². The van der Waals surface area contributed by atoms with Crippen molar-refractivity contribution >= 4 is 123 Å². The van der Waals surface area contributed by atoms with E-state index in [9.17, 15) is 16.2 Å². The number of hydrogen-bond donors (Lipinski definition) is 0. The van der Waals surface area contributed by atoms with Gasteiger partial charge >= 0.3 is 0 Å². The molecule has 0 saturated carbocycles. The summed E-state index contributed by atoms with van der Waals surface area (Å²) in [6.45, 7) is 19.7. The van der Waals surface area contributed by atoms with Gasteiger partial charge in [0.2, 0.25) is 0 Å². The van der Waals surface area contributed by atoms with Gasteiger partial charge in [0.15, 0.2) is 0 Å². The molecule has 104 heavy (non-hydrogen) atoms. The molecule has 0 amide bonds. The molecule has 2 aliphatic heterocycles. The van der Waals surface area contributed by atoms with Gasteiger partial charge in [0, 0.05) is 72.1 Å². The molecule has 0 spiro atoms. The van der Waals surface area contributed by atoms with E-state index in [0.717, 1.165) is 116 Å². The molecule has 19 rings (SSSR count). The lowest BCUT2D eigenvalue weighted by molar-refractivity contribution is 0.590. The molecule has 0 fully saturated rings. The lowest BCUT2D eigenvalue weighted by Crippen LogP contribution is -2.61. The van der Waals surface area contributed by atoms with E-state index in [1.807, 2.05) is 48.5 Å². The Hall–Kier alpha value is -12.4. The van der Waals surface area contributed by atoms with E-state index in [1.54, 1.807) is 4.57 Å². The Morgan fingerprint density at radius 3 is 1.36 bits per heavy atom. The zero-order valence-corrected chi connectivity index (χ0v) is 59.5. The first kappa shape index (κ1) is 54.4. The molecule has 17 aromatic rings. The van der Waals surface area contributed by atoms with Crippen LogP contribution in [0.4, 0.5) is 34.1 Å². The Morgan fingerprint density at radius 1 is 0.298 bits per heavy atom. The first-order valence-electron chi connectivity index (χ1n) is 39.8. The minimum Gasteiger partial charge on any atom is -0.311 e. The van der Waals surface area contributed by atoms with Crippen molar-refractivity contribution in [3.8, 4) is 56.5 Å². The summed E-state index contributed by atoms with van der Waals surface area (Å²) >= 11 is 0. The largest absolute Gasteiger partial charge is 0.311 e. The lowest BCUT2D eigenvalue weighted by atomic mass is 9.33. The summed E-state index contributed by atoms with van der Waals surface area (Å²) in [5.41, 5.74) is 22.8. The maximum absolute atomic E-state index is 11.6. The Bertz CT molecular complexity index is 6710. The molecule has 0 saturated heterocycles. The van der Waals surface area contributed by atoms with Crippen LogP contribution in [0.15, 0.2) is 303 Å². The van der Waals surface area contributed by atoms with Crippen LogP contribution in [0.2, 0.25) is 0 Å². The summed E-state index contributed by atoms with van der Waals surface area (Å²) in [6, 6.07) is 89.4. The third kappa shape index (κ3) is 9.90. The number of aromatic nitrogens is 3. The molecular weight excluding hydrogens is 1260 g/mol. The summed E-state index contributed by atoms with van der Waals surface area (Å²) < 4.78 is 83.3. The second-order valence-electron chi connectivity index (χ2n) is 31.1. The molecule has 0 unspecified atom stereocenters. The molecule has 0 atom stereocenters. The van der Waals surface area contributed by atoms with Gasteiger partial charge in [-0.15, -0.1) is 0 Å². The quantitative estimate of drug-likeness (QED) is 0.142. The molecule has 5 heterocycles. The van der Waals surface area contributed by atoms with Crippen molar-refractivity contribution in [3.63, 3.8) is 0 Å². The molecule has 14 aromatic carbocycles. The Balaban J connectivity index is 1.01. The lowest BCUT2D eigenvalue weighted by Gasteiger charge is -2.45. The fraction of sp³-hybridized carbons (Fsp3) is 0.124. The first-order chi connectivity index (χ1) is 53.7. The molecule has 6 nitrogen and oxygen atoms in total. The van der Waals surface area contributed by atoms with Crippen LogP contribution in [0.25, 0.3) is 116 Å². The second-order valence-corrected chi connectivity index (χ2v) is 31.1. The maximum atomic E-state index is 11.6. The highest BCUT2D eigenvalue weighted by Crippen LogP contribution is 2.50. The van der Waals surface area contributed by atoms with Crippen LogP contribution in [-0.2, 0) is 16.2 Å². The first-order valence-corrected chi connectivity index (χ1v) is 35.8. The summed E-state index contributed by atoms with van der Waals surface area (Å²) in [4.78, 5) is 4.63. The summed E-state index contributed by atoms with van der Waals surface area (Å²) in [7, 11) is 0. The number of nitrogens with zero attached hydrogens (tertiary/aromatic N) is 6. The van der Waals surface area contributed by atoms with E-state index >= 15 is 0 Å². The third-order valence-electron chi connectivity index (χ3n) is 21.7. The van der Waals surface area contributed by atoms with Crippen molar-refractivity contribution in [2.24, 2.45) is 0 Å². The Kier molecular flexibility index (Phi) is 12.2. The van der Waals surface area contributed by atoms with Gasteiger partial charge in [0.25, 0.3) is 6.71 Å². The molecule has 0 aliphatic carbocycles. The molecule has 3 aromatic heterocycles. The number of rotatable bonds is 8. The minimum absolute atomic E-state index is 0.00769. The Morgan fingerprint density at radius 2 is 0.779 bits per heavy atom. The van der Waals surface area contributed by atoms with Crippen molar-refractivity contribution in [2.75, 3.05) is 9.80 Å². The predicted molar refractivity (Wildman–Crippen MR) is 441 cm³/mol. The SMILES string of the molecule is [2H]c1c([2H])c([2H])c2c(c1[2H])c1c([2H])c([2H])c([2H])c([2H])c1n2-c1cc2c3c(c1)N(c1ccc(C#N)c(-n4c5ccccc5c5ccccc54)c1)c1cc(-n4c5ccc(C(C)(C)C)cc5c5cc(C(C)(C)C)ccc54)ccc1B3c1cc(-c3cccc(C(C)(C)C)c3)ccc1N2c1cc(-c2ccccc2)cc(-c2ccccc2)c1. The van der Waals surface area contributed by atoms with Crippen LogP contribution in [0.1, 0.15) is 95.5 Å². The number of hydrogen-bond acceptors (Lipinski definition) is 3. The highest BCUT2D eigenvalue weighted by atomic mass is 15.2. The zero-order valence-electron chi connectivity index (χ0n) is 67.5. The normalized spacial score (nSPS) is 14.1. The van der Waals surface area contributed by atoms with E-state index in [0.29, 0.717) is 34.0 Å². The average Bonchev–Trinajstić information content (AvgIpc) is 0.900. The van der Waals surface area contributed by atoms with Crippen LogP contribution in [0.3, 0.4) is 0 Å². The van der Waals surface area contributed by atoms with Crippen LogP contribution in [-0.4, -0.2) is 20.4 Å². The molecule has 0 radical (unpaired) electrons. The van der Waals surface area contributed by atoms with Gasteiger partial charge in [-0.1, -0.05) is 250 Å². The van der Waals surface area contributed by atoms with E-state index < -0.39 is 55.1 Å². The van der Waals surface area contributed by atoms with Gasteiger partial charge < -0.3 is 23.5 Å². The number of fused-ring (bicyclic) bond motifs is 13. The van der Waals surface area contributed by atoms with Crippen molar-refractivity contribution < 1.29 is 11.0 Å². The smallest absolute Gasteiger partial charge is 0.252 e. The monoisotopic (exact) mass is 1340 g/mol. The maximum Gasteiger partial charge on any atom is 0.252 e. The van der Waals surface area contributed by atoms with Crippen molar-refractivity contribution in [1.82, 2.24) is 13.7 Å². The summed E-state index contributed by atoms with van der Waals surface area (Å²) in [6.07, 6.45) is 0. The highest BCUT2D eigenvalue weighted by molar-refractivity contribution is 7.00. The minimum atomic E-state index is -0.549. The van der Waals surface area contributed by atoms with Crippen molar-refractivity contribution in [1.29, 1.82) is 5.26 Å². The topological polar surface area (TPSA) is 45.1 Å². The van der Waals surface area contributed by atoms with Crippen molar-refractivity contribution in [2.45, 2.75) is 78.6 Å². The molecule has 0 bridgehead atoms. The van der Waals surface area contributed by atoms with Crippen LogP contribution in [0.5, 0.6) is 0 Å². The Labute approximate surface area is 619 Å². The average molecular weight is 1350 g/mol. The van der Waals surface area contributed by atoms with Gasteiger partial charge in [-0.25, -0.2) is 0 Å². The van der Waals surface area contributed by atoms with E-state index in [4.69, 9.17) is 0 Å². The summed E-state index contributed by atoms with van der Waals surface area (Å²) in [5, 5.41) is 15.8. The van der Waals surface area contributed by atoms with Crippen LogP contribution < -0.4 is 26.2 Å². The fourth-order valence-electron chi connectivity index (χ4n) is 16.5. The van der Waals surface area contributed by atoms with E-state index in [2.05, 4.69) is 294 Å². The summed E-state index contributed by atoms with van der Waals surface area (Å²) in [5.74, 6) is 0. The van der Waals surface area contributed by atoms with Gasteiger partial charge in [-0.2, -0.15) is 5.26 Å². The number of nitriles is 1. The van der Waals surface area contributed by atoms with Gasteiger partial charge in [-0.3, -0.25) is 0 Å². The molecule has 0 N–H and O–H groups in total. The third-order valence-corrected chi connectivity index (χ3v) is 21.7.